The fraction of sp³-hybridized carbons (Fsp3) is 0.462. The molecule has 2 saturated heterocycles. The summed E-state index contributed by atoms with van der Waals surface area (Å²) in [7, 11) is 0. The second kappa shape index (κ2) is 4.82. The molecule has 106 valence electrons. The van der Waals surface area contributed by atoms with E-state index in [0.717, 1.165) is 31.4 Å². The van der Waals surface area contributed by atoms with Crippen molar-refractivity contribution in [3.8, 4) is 0 Å². The van der Waals surface area contributed by atoms with Gasteiger partial charge in [0.05, 0.1) is 10.8 Å². The molecular formula is C13H14FN3O3. The van der Waals surface area contributed by atoms with E-state index in [2.05, 4.69) is 10.6 Å². The van der Waals surface area contributed by atoms with Gasteiger partial charge in [0, 0.05) is 29.9 Å². The van der Waals surface area contributed by atoms with Gasteiger partial charge in [-0.15, -0.1) is 0 Å². The van der Waals surface area contributed by atoms with Crippen LogP contribution in [0.25, 0.3) is 0 Å². The zero-order valence-electron chi connectivity index (χ0n) is 10.6. The molecule has 2 aliphatic rings. The van der Waals surface area contributed by atoms with Crippen LogP contribution < -0.4 is 10.6 Å². The highest BCUT2D eigenvalue weighted by molar-refractivity contribution is 5.93. The molecular weight excluding hydrogens is 265 g/mol. The van der Waals surface area contributed by atoms with Crippen molar-refractivity contribution in [2.75, 3.05) is 5.32 Å². The standard InChI is InChI=1S/C13H14FN3O3/c14-10-6-8(2-4-12(10)17(19)20)16-13(18)9-5-7-1-3-11(9)15-7/h2,4,6-7,9,11,15H,1,3,5H2,(H,16,18). The average molecular weight is 279 g/mol. The molecule has 0 aromatic heterocycles. The predicted octanol–water partition coefficient (Wildman–Crippen LogP) is 1.81. The summed E-state index contributed by atoms with van der Waals surface area (Å²) >= 11 is 0. The molecule has 1 aromatic rings. The molecule has 20 heavy (non-hydrogen) atoms. The SMILES string of the molecule is O=C(Nc1ccc([N+](=O)[O-])c(F)c1)C1CC2CCC1N2. The number of anilines is 1. The van der Waals surface area contributed by atoms with Gasteiger partial charge in [-0.25, -0.2) is 0 Å². The van der Waals surface area contributed by atoms with Crippen LogP contribution in [0.3, 0.4) is 0 Å². The van der Waals surface area contributed by atoms with Crippen LogP contribution in [-0.4, -0.2) is 22.9 Å². The van der Waals surface area contributed by atoms with Gasteiger partial charge in [-0.2, -0.15) is 4.39 Å². The number of fused-ring (bicyclic) bond motifs is 2. The molecule has 6 nitrogen and oxygen atoms in total. The minimum atomic E-state index is -0.945. The zero-order valence-corrected chi connectivity index (χ0v) is 10.6. The number of halogens is 1. The number of hydrogen-bond donors (Lipinski definition) is 2. The number of nitrogens with zero attached hydrogens (tertiary/aromatic N) is 1. The first-order valence-corrected chi connectivity index (χ1v) is 6.55. The molecule has 3 unspecified atom stereocenters. The third-order valence-electron chi connectivity index (χ3n) is 4.05. The van der Waals surface area contributed by atoms with Gasteiger partial charge < -0.3 is 10.6 Å². The summed E-state index contributed by atoms with van der Waals surface area (Å²) in [4.78, 5) is 21.9. The summed E-state index contributed by atoms with van der Waals surface area (Å²) in [5.74, 6) is -1.20. The smallest absolute Gasteiger partial charge is 0.304 e. The van der Waals surface area contributed by atoms with Gasteiger partial charge in [-0.05, 0) is 25.3 Å². The van der Waals surface area contributed by atoms with Crippen molar-refractivity contribution in [2.24, 2.45) is 5.92 Å². The molecule has 1 aromatic carbocycles. The van der Waals surface area contributed by atoms with E-state index in [1.165, 1.54) is 6.07 Å². The number of rotatable bonds is 3. The van der Waals surface area contributed by atoms with E-state index in [-0.39, 0.29) is 23.6 Å². The monoisotopic (exact) mass is 279 g/mol. The predicted molar refractivity (Wildman–Crippen MR) is 69.7 cm³/mol. The Morgan fingerprint density at radius 3 is 2.80 bits per heavy atom. The Morgan fingerprint density at radius 2 is 2.25 bits per heavy atom. The van der Waals surface area contributed by atoms with Crippen LogP contribution >= 0.6 is 0 Å². The Hall–Kier alpha value is -2.02. The number of nitro groups is 1. The Balaban J connectivity index is 1.70. The molecule has 2 bridgehead atoms. The first-order chi connectivity index (χ1) is 9.54. The van der Waals surface area contributed by atoms with E-state index in [1.807, 2.05) is 0 Å². The first kappa shape index (κ1) is 13.0. The number of hydrogen-bond acceptors (Lipinski definition) is 4. The van der Waals surface area contributed by atoms with E-state index in [4.69, 9.17) is 0 Å². The van der Waals surface area contributed by atoms with Crippen LogP contribution in [0.2, 0.25) is 0 Å². The lowest BCUT2D eigenvalue weighted by Crippen LogP contribution is -2.32. The molecule has 0 saturated carbocycles. The van der Waals surface area contributed by atoms with Crippen molar-refractivity contribution < 1.29 is 14.1 Å². The topological polar surface area (TPSA) is 84.3 Å². The molecule has 2 N–H and O–H groups in total. The maximum Gasteiger partial charge on any atom is 0.304 e. The highest BCUT2D eigenvalue weighted by Gasteiger charge is 2.42. The van der Waals surface area contributed by atoms with Crippen molar-refractivity contribution in [3.63, 3.8) is 0 Å². The Morgan fingerprint density at radius 1 is 1.45 bits per heavy atom. The lowest BCUT2D eigenvalue weighted by Gasteiger charge is -2.19. The summed E-state index contributed by atoms with van der Waals surface area (Å²) < 4.78 is 13.5. The minimum Gasteiger partial charge on any atom is -0.326 e. The molecule has 1 amide bonds. The molecule has 0 spiro atoms. The van der Waals surface area contributed by atoms with Gasteiger partial charge in [0.1, 0.15) is 0 Å². The Bertz CT molecular complexity index is 578. The zero-order chi connectivity index (χ0) is 14.3. The van der Waals surface area contributed by atoms with Gasteiger partial charge in [-0.3, -0.25) is 14.9 Å². The number of nitro benzene ring substituents is 1. The number of amides is 1. The molecule has 0 aliphatic carbocycles. The van der Waals surface area contributed by atoms with Crippen molar-refractivity contribution in [2.45, 2.75) is 31.3 Å². The second-order valence-electron chi connectivity index (χ2n) is 5.30. The van der Waals surface area contributed by atoms with E-state index in [1.54, 1.807) is 0 Å². The molecule has 0 radical (unpaired) electrons. The van der Waals surface area contributed by atoms with Crippen LogP contribution in [-0.2, 0) is 4.79 Å². The Labute approximate surface area is 114 Å². The average Bonchev–Trinajstić information content (AvgIpc) is 3.00. The maximum absolute atomic E-state index is 13.5. The Kier molecular flexibility index (Phi) is 3.13. The maximum atomic E-state index is 13.5. The highest BCUT2D eigenvalue weighted by Crippen LogP contribution is 2.34. The normalized spacial score (nSPS) is 27.6. The third kappa shape index (κ3) is 2.24. The molecule has 2 fully saturated rings. The van der Waals surface area contributed by atoms with E-state index < -0.39 is 16.4 Å². The van der Waals surface area contributed by atoms with E-state index in [0.29, 0.717) is 6.04 Å². The summed E-state index contributed by atoms with van der Waals surface area (Å²) in [5.41, 5.74) is -0.342. The molecule has 2 aliphatic heterocycles. The molecule has 3 atom stereocenters. The van der Waals surface area contributed by atoms with E-state index in [9.17, 15) is 19.3 Å². The van der Waals surface area contributed by atoms with Crippen LogP contribution in [0, 0.1) is 21.8 Å². The summed E-state index contributed by atoms with van der Waals surface area (Å²) in [6, 6.07) is 3.99. The van der Waals surface area contributed by atoms with Crippen LogP contribution in [0.15, 0.2) is 18.2 Å². The number of carbonyl (C=O) groups excluding carboxylic acids is 1. The quantitative estimate of drug-likeness (QED) is 0.653. The molecule has 7 heteroatoms. The second-order valence-corrected chi connectivity index (χ2v) is 5.30. The number of carbonyl (C=O) groups is 1. The van der Waals surface area contributed by atoms with Crippen LogP contribution in [0.5, 0.6) is 0 Å². The number of nitrogens with one attached hydrogen (secondary N) is 2. The van der Waals surface area contributed by atoms with Crippen molar-refractivity contribution in [1.82, 2.24) is 5.32 Å². The molecule has 2 heterocycles. The highest BCUT2D eigenvalue weighted by atomic mass is 19.1. The summed E-state index contributed by atoms with van der Waals surface area (Å²) in [6.45, 7) is 0. The van der Waals surface area contributed by atoms with Gasteiger partial charge in [0.2, 0.25) is 11.7 Å². The van der Waals surface area contributed by atoms with Crippen molar-refractivity contribution in [3.05, 3.63) is 34.1 Å². The van der Waals surface area contributed by atoms with Gasteiger partial charge in [0.25, 0.3) is 0 Å². The number of benzene rings is 1. The first-order valence-electron chi connectivity index (χ1n) is 6.55. The lowest BCUT2D eigenvalue weighted by atomic mass is 9.88. The van der Waals surface area contributed by atoms with Crippen LogP contribution in [0.1, 0.15) is 19.3 Å². The largest absolute Gasteiger partial charge is 0.326 e. The van der Waals surface area contributed by atoms with Gasteiger partial charge >= 0.3 is 5.69 Å². The fourth-order valence-electron chi connectivity index (χ4n) is 3.08. The minimum absolute atomic E-state index is 0.105. The summed E-state index contributed by atoms with van der Waals surface area (Å²) in [6.07, 6.45) is 2.88. The van der Waals surface area contributed by atoms with Crippen LogP contribution in [0.4, 0.5) is 15.8 Å². The van der Waals surface area contributed by atoms with E-state index >= 15 is 0 Å². The van der Waals surface area contributed by atoms with Crippen molar-refractivity contribution in [1.29, 1.82) is 0 Å². The van der Waals surface area contributed by atoms with Gasteiger partial charge in [0.15, 0.2) is 0 Å². The fourth-order valence-corrected chi connectivity index (χ4v) is 3.08. The summed E-state index contributed by atoms with van der Waals surface area (Å²) in [5, 5.41) is 16.5. The molecule has 3 rings (SSSR count). The van der Waals surface area contributed by atoms with Crippen molar-refractivity contribution >= 4 is 17.3 Å². The van der Waals surface area contributed by atoms with Gasteiger partial charge in [-0.1, -0.05) is 0 Å². The third-order valence-corrected chi connectivity index (χ3v) is 4.05. The lowest BCUT2D eigenvalue weighted by molar-refractivity contribution is -0.387.